The molecule has 0 saturated heterocycles. The van der Waals surface area contributed by atoms with E-state index in [1.165, 1.54) is 7.11 Å². The third kappa shape index (κ3) is 7.89. The molecule has 0 unspecified atom stereocenters. The van der Waals surface area contributed by atoms with Gasteiger partial charge in [0.1, 0.15) is 18.1 Å². The van der Waals surface area contributed by atoms with Crippen molar-refractivity contribution in [2.24, 2.45) is 0 Å². The van der Waals surface area contributed by atoms with E-state index in [4.69, 9.17) is 9.47 Å². The normalized spacial score (nSPS) is 17.6. The van der Waals surface area contributed by atoms with E-state index in [-0.39, 0.29) is 35.7 Å². The molecule has 1 N–H and O–H groups in total. The Morgan fingerprint density at radius 2 is 1.63 bits per heavy atom. The average Bonchev–Trinajstić information content (AvgIpc) is 2.85. The Bertz CT molecular complexity index is 1050. The molecule has 1 aliphatic rings. The van der Waals surface area contributed by atoms with Crippen LogP contribution in [0.2, 0.25) is 0 Å². The van der Waals surface area contributed by atoms with Crippen LogP contribution >= 0.6 is 0 Å². The van der Waals surface area contributed by atoms with Gasteiger partial charge in [-0.25, -0.2) is 13.2 Å². The first-order valence-electron chi connectivity index (χ1n) is 11.5. The molecule has 1 fully saturated rings. The third-order valence-corrected chi connectivity index (χ3v) is 5.74. The summed E-state index contributed by atoms with van der Waals surface area (Å²) >= 11 is 0. The van der Waals surface area contributed by atoms with Gasteiger partial charge in [-0.3, -0.25) is 0 Å². The molecule has 0 spiro atoms. The van der Waals surface area contributed by atoms with Crippen molar-refractivity contribution < 1.29 is 27.8 Å². The first kappa shape index (κ1) is 28.0. The number of aliphatic hydroxyl groups excluding tert-OH is 1. The lowest BCUT2D eigenvalue weighted by atomic mass is 9.82. The fraction of sp³-hybridized carbons (Fsp3) is 0.310. The zero-order valence-corrected chi connectivity index (χ0v) is 20.3. The number of ether oxygens (including phenoxy) is 2. The van der Waals surface area contributed by atoms with E-state index >= 15 is 0 Å². The Balaban J connectivity index is 0.00000137. The van der Waals surface area contributed by atoms with E-state index in [2.05, 4.69) is 19.7 Å². The van der Waals surface area contributed by atoms with Gasteiger partial charge in [-0.1, -0.05) is 55.6 Å². The van der Waals surface area contributed by atoms with Gasteiger partial charge < -0.3 is 14.6 Å². The molecular weight excluding hydrogens is 453 g/mol. The lowest BCUT2D eigenvalue weighted by Gasteiger charge is -2.26. The summed E-state index contributed by atoms with van der Waals surface area (Å²) in [6.07, 6.45) is 4.96. The van der Waals surface area contributed by atoms with Gasteiger partial charge in [0.15, 0.2) is 17.5 Å². The molecule has 2 aromatic rings. The Hall–Kier alpha value is -3.25. The van der Waals surface area contributed by atoms with Crippen molar-refractivity contribution in [2.75, 3.05) is 7.11 Å². The second-order valence-electron chi connectivity index (χ2n) is 8.32. The molecule has 0 aliphatic heterocycles. The van der Waals surface area contributed by atoms with Gasteiger partial charge in [-0.2, -0.15) is 0 Å². The largest absolute Gasteiger partial charge is 0.497 e. The number of methoxy groups -OCH3 is 1. The van der Waals surface area contributed by atoms with Crippen molar-refractivity contribution in [2.45, 2.75) is 51.2 Å². The molecule has 1 saturated carbocycles. The Kier molecular flexibility index (Phi) is 10.9. The van der Waals surface area contributed by atoms with Crippen LogP contribution in [0.1, 0.15) is 49.7 Å². The van der Waals surface area contributed by atoms with Crippen LogP contribution in [0.5, 0.6) is 0 Å². The van der Waals surface area contributed by atoms with Gasteiger partial charge in [-0.15, -0.1) is 6.58 Å². The molecule has 0 aromatic heterocycles. The van der Waals surface area contributed by atoms with Crippen LogP contribution < -0.4 is 0 Å². The van der Waals surface area contributed by atoms with E-state index in [9.17, 15) is 18.3 Å². The zero-order valence-electron chi connectivity index (χ0n) is 20.3. The van der Waals surface area contributed by atoms with Crippen molar-refractivity contribution in [1.82, 2.24) is 0 Å². The third-order valence-electron chi connectivity index (χ3n) is 5.74. The van der Waals surface area contributed by atoms with Crippen molar-refractivity contribution in [3.05, 3.63) is 108 Å². The molecule has 188 valence electrons. The highest BCUT2D eigenvalue weighted by Crippen LogP contribution is 2.37. The predicted molar refractivity (Wildman–Crippen MR) is 134 cm³/mol. The average molecular weight is 487 g/mol. The highest BCUT2D eigenvalue weighted by molar-refractivity contribution is 5.65. The molecule has 0 atom stereocenters. The van der Waals surface area contributed by atoms with E-state index in [1.54, 1.807) is 42.5 Å². The monoisotopic (exact) mass is 486 g/mol. The summed E-state index contributed by atoms with van der Waals surface area (Å²) in [5.74, 6) is -2.50. The summed E-state index contributed by atoms with van der Waals surface area (Å²) < 4.78 is 53.6. The molecule has 2 aromatic carbocycles. The SMILES string of the molecule is C=C(/C=C(/F)C(=C)OCc1ccc(-c2ccc(C3CCC(O)CC3)c(F)c2F)cc1)OC.C=CC. The van der Waals surface area contributed by atoms with Gasteiger partial charge in [0.05, 0.1) is 13.2 Å². The van der Waals surface area contributed by atoms with Crippen LogP contribution in [-0.4, -0.2) is 18.3 Å². The van der Waals surface area contributed by atoms with Gasteiger partial charge in [-0.05, 0) is 55.2 Å². The number of rotatable bonds is 8. The Morgan fingerprint density at radius 1 is 1.03 bits per heavy atom. The predicted octanol–water partition coefficient (Wildman–Crippen LogP) is 7.89. The molecule has 0 radical (unpaired) electrons. The molecule has 0 heterocycles. The van der Waals surface area contributed by atoms with Gasteiger partial charge in [0, 0.05) is 11.6 Å². The summed E-state index contributed by atoms with van der Waals surface area (Å²) in [6.45, 7) is 12.3. The smallest absolute Gasteiger partial charge is 0.168 e. The van der Waals surface area contributed by atoms with Crippen LogP contribution in [-0.2, 0) is 16.1 Å². The molecular formula is C29H33F3O3. The molecule has 1 aliphatic carbocycles. The molecule has 0 bridgehead atoms. The summed E-state index contributed by atoms with van der Waals surface area (Å²) in [7, 11) is 1.38. The van der Waals surface area contributed by atoms with Crippen molar-refractivity contribution in [3.63, 3.8) is 0 Å². The molecule has 35 heavy (non-hydrogen) atoms. The number of hydrogen-bond acceptors (Lipinski definition) is 3. The van der Waals surface area contributed by atoms with Crippen molar-refractivity contribution >= 4 is 0 Å². The van der Waals surface area contributed by atoms with Gasteiger partial charge >= 0.3 is 0 Å². The zero-order chi connectivity index (χ0) is 26.0. The summed E-state index contributed by atoms with van der Waals surface area (Å²) in [5, 5.41) is 9.64. The molecule has 0 amide bonds. The van der Waals surface area contributed by atoms with E-state index in [0.29, 0.717) is 42.4 Å². The fourth-order valence-corrected chi connectivity index (χ4v) is 3.79. The highest BCUT2D eigenvalue weighted by Gasteiger charge is 2.25. The summed E-state index contributed by atoms with van der Waals surface area (Å²) in [6, 6.07) is 9.96. The van der Waals surface area contributed by atoms with Crippen molar-refractivity contribution in [1.29, 1.82) is 0 Å². The summed E-state index contributed by atoms with van der Waals surface area (Å²) in [5.41, 5.74) is 1.78. The van der Waals surface area contributed by atoms with Crippen LogP contribution in [0.25, 0.3) is 11.1 Å². The summed E-state index contributed by atoms with van der Waals surface area (Å²) in [4.78, 5) is 0. The minimum Gasteiger partial charge on any atom is -0.497 e. The van der Waals surface area contributed by atoms with Gasteiger partial charge in [0.2, 0.25) is 0 Å². The quantitative estimate of drug-likeness (QED) is 0.234. The minimum atomic E-state index is -0.878. The first-order valence-corrected chi connectivity index (χ1v) is 11.5. The second kappa shape index (κ2) is 13.6. The van der Waals surface area contributed by atoms with Crippen LogP contribution in [0, 0.1) is 11.6 Å². The first-order chi connectivity index (χ1) is 16.7. The molecule has 3 rings (SSSR count). The maximum absolute atomic E-state index is 14.8. The maximum atomic E-state index is 14.8. The molecule has 6 heteroatoms. The lowest BCUT2D eigenvalue weighted by molar-refractivity contribution is 0.122. The van der Waals surface area contributed by atoms with Gasteiger partial charge in [0.25, 0.3) is 0 Å². The number of benzene rings is 2. The number of hydrogen-bond donors (Lipinski definition) is 1. The number of aliphatic hydroxyl groups is 1. The van der Waals surface area contributed by atoms with Crippen LogP contribution in [0.15, 0.2) is 85.6 Å². The minimum absolute atomic E-state index is 0.0587. The maximum Gasteiger partial charge on any atom is 0.168 e. The van der Waals surface area contributed by atoms with Crippen LogP contribution in [0.4, 0.5) is 13.2 Å². The Morgan fingerprint density at radius 3 is 2.20 bits per heavy atom. The second-order valence-corrected chi connectivity index (χ2v) is 8.32. The Labute approximate surface area is 205 Å². The number of halogens is 3. The topological polar surface area (TPSA) is 38.7 Å². The van der Waals surface area contributed by atoms with E-state index in [0.717, 1.165) is 6.08 Å². The molecule has 3 nitrogen and oxygen atoms in total. The van der Waals surface area contributed by atoms with E-state index < -0.39 is 17.5 Å². The van der Waals surface area contributed by atoms with Crippen LogP contribution in [0.3, 0.4) is 0 Å². The number of allylic oxidation sites excluding steroid dienone is 3. The standard InChI is InChI=1S/C26H27F3O3.C3H6/c1-16(31-3)14-24(27)17(2)32-15-18-4-6-19(7-5-18)22-12-13-23(26(29)25(22)28)20-8-10-21(30)11-9-20;1-3-2/h4-7,12-14,20-21,30H,1-2,8-11,15H2,3H3;3H,1H2,2H3/b24-14+;. The fourth-order valence-electron chi connectivity index (χ4n) is 3.79. The van der Waals surface area contributed by atoms with E-state index in [1.807, 2.05) is 6.92 Å². The van der Waals surface area contributed by atoms with Crippen molar-refractivity contribution in [3.8, 4) is 11.1 Å². The highest BCUT2D eigenvalue weighted by atomic mass is 19.2. The lowest BCUT2D eigenvalue weighted by Crippen LogP contribution is -2.18.